The van der Waals surface area contributed by atoms with Gasteiger partial charge in [-0.3, -0.25) is 9.59 Å². The number of carbonyl (C=O) groups excluding carboxylic acids is 2. The lowest BCUT2D eigenvalue weighted by Crippen LogP contribution is -2.53. The van der Waals surface area contributed by atoms with Crippen molar-refractivity contribution in [1.29, 1.82) is 0 Å². The minimum absolute atomic E-state index is 0.0330. The van der Waals surface area contributed by atoms with Crippen LogP contribution in [0.15, 0.2) is 0 Å². The molecule has 1 saturated carbocycles. The molecule has 2 unspecified atom stereocenters. The van der Waals surface area contributed by atoms with Gasteiger partial charge in [0.2, 0.25) is 11.8 Å². The summed E-state index contributed by atoms with van der Waals surface area (Å²) in [5, 5.41) is 6.06. The topological polar surface area (TPSA) is 70.7 Å². The van der Waals surface area contributed by atoms with Crippen molar-refractivity contribution in [3.8, 4) is 0 Å². The van der Waals surface area contributed by atoms with Gasteiger partial charge in [-0.25, -0.2) is 0 Å². The summed E-state index contributed by atoms with van der Waals surface area (Å²) < 4.78 is 5.26. The molecule has 3 rings (SSSR count). The summed E-state index contributed by atoms with van der Waals surface area (Å²) in [5.41, 5.74) is 0. The minimum Gasteiger partial charge on any atom is -0.378 e. The highest BCUT2D eigenvalue weighted by Gasteiger charge is 2.40. The van der Waals surface area contributed by atoms with Gasteiger partial charge in [0.15, 0.2) is 0 Å². The third kappa shape index (κ3) is 2.49. The summed E-state index contributed by atoms with van der Waals surface area (Å²) in [6.07, 6.45) is 2.67. The summed E-state index contributed by atoms with van der Waals surface area (Å²) in [6, 6.07) is 0.133. The van der Waals surface area contributed by atoms with Gasteiger partial charge in [0.1, 0.15) is 6.04 Å². The van der Waals surface area contributed by atoms with E-state index in [0.29, 0.717) is 38.8 Å². The fraction of sp³-hybridized carbons (Fsp3) is 0.833. The van der Waals surface area contributed by atoms with Crippen molar-refractivity contribution < 1.29 is 14.3 Å². The van der Waals surface area contributed by atoms with Gasteiger partial charge >= 0.3 is 0 Å². The van der Waals surface area contributed by atoms with Gasteiger partial charge in [-0.1, -0.05) is 0 Å². The summed E-state index contributed by atoms with van der Waals surface area (Å²) in [7, 11) is 0. The average molecular weight is 253 g/mol. The van der Waals surface area contributed by atoms with Gasteiger partial charge < -0.3 is 20.3 Å². The summed E-state index contributed by atoms with van der Waals surface area (Å²) in [4.78, 5) is 25.6. The monoisotopic (exact) mass is 253 g/mol. The van der Waals surface area contributed by atoms with Gasteiger partial charge in [-0.2, -0.15) is 0 Å². The minimum atomic E-state index is -0.274. The molecule has 1 aliphatic carbocycles. The first-order chi connectivity index (χ1) is 8.74. The van der Waals surface area contributed by atoms with E-state index in [9.17, 15) is 9.59 Å². The number of rotatable bonds is 3. The van der Waals surface area contributed by atoms with E-state index in [1.807, 2.05) is 4.90 Å². The normalized spacial score (nSPS) is 32.7. The lowest BCUT2D eigenvalue weighted by atomic mass is 10.2. The Hall–Kier alpha value is -1.14. The number of nitrogens with zero attached hydrogens (tertiary/aromatic N) is 1. The first kappa shape index (κ1) is 11.9. The number of amides is 2. The van der Waals surface area contributed by atoms with Crippen LogP contribution in [0.25, 0.3) is 0 Å². The largest absolute Gasteiger partial charge is 0.378 e. The van der Waals surface area contributed by atoms with Gasteiger partial charge in [0.25, 0.3) is 0 Å². The zero-order valence-electron chi connectivity index (χ0n) is 10.4. The lowest BCUT2D eigenvalue weighted by molar-refractivity contribution is -0.128. The lowest BCUT2D eigenvalue weighted by Gasteiger charge is -2.24. The van der Waals surface area contributed by atoms with Crippen LogP contribution in [0.2, 0.25) is 0 Å². The van der Waals surface area contributed by atoms with Crippen molar-refractivity contribution >= 4 is 11.8 Å². The smallest absolute Gasteiger partial charge is 0.239 e. The molecule has 3 aliphatic rings. The predicted octanol–water partition coefficient (Wildman–Crippen LogP) is -1.15. The van der Waals surface area contributed by atoms with E-state index >= 15 is 0 Å². The molecular formula is C12H19N3O3. The number of hydrogen-bond acceptors (Lipinski definition) is 4. The molecule has 2 aliphatic heterocycles. The zero-order valence-corrected chi connectivity index (χ0v) is 10.4. The Labute approximate surface area is 106 Å². The maximum absolute atomic E-state index is 12.0. The van der Waals surface area contributed by atoms with Crippen LogP contribution >= 0.6 is 0 Å². The highest BCUT2D eigenvalue weighted by atomic mass is 16.5. The molecule has 2 amide bonds. The molecule has 0 aromatic carbocycles. The Balaban J connectivity index is 1.50. The molecule has 2 atom stereocenters. The maximum Gasteiger partial charge on any atom is 0.239 e. The molecule has 6 heteroatoms. The van der Waals surface area contributed by atoms with Crippen molar-refractivity contribution in [2.75, 3.05) is 26.3 Å². The van der Waals surface area contributed by atoms with E-state index in [-0.39, 0.29) is 23.9 Å². The van der Waals surface area contributed by atoms with Crippen LogP contribution in [0, 0.1) is 0 Å². The molecule has 0 spiro atoms. The molecule has 0 bridgehead atoms. The fourth-order valence-corrected chi connectivity index (χ4v) is 2.60. The molecule has 0 radical (unpaired) electrons. The SMILES string of the molecule is O=C(NC1CC(=O)N(C2CC2)C1)C1COCCN1. The number of nitrogens with one attached hydrogen (secondary N) is 2. The number of carbonyl (C=O) groups is 2. The van der Waals surface area contributed by atoms with Crippen LogP contribution in [-0.2, 0) is 14.3 Å². The zero-order chi connectivity index (χ0) is 12.5. The van der Waals surface area contributed by atoms with Gasteiger partial charge in [-0.05, 0) is 12.8 Å². The first-order valence-electron chi connectivity index (χ1n) is 6.65. The number of likely N-dealkylation sites (tertiary alicyclic amines) is 1. The molecule has 3 fully saturated rings. The summed E-state index contributed by atoms with van der Waals surface area (Å²) >= 11 is 0. The van der Waals surface area contributed by atoms with E-state index in [1.54, 1.807) is 0 Å². The second-order valence-corrected chi connectivity index (χ2v) is 5.27. The standard InChI is InChI=1S/C12H19N3O3/c16-11-5-8(6-15(11)9-1-2-9)14-12(17)10-7-18-4-3-13-10/h8-10,13H,1-7H2,(H,14,17). The predicted molar refractivity (Wildman–Crippen MR) is 63.9 cm³/mol. The van der Waals surface area contributed by atoms with E-state index < -0.39 is 0 Å². The summed E-state index contributed by atoms with van der Waals surface area (Å²) in [5.74, 6) is 0.126. The number of hydrogen-bond donors (Lipinski definition) is 2. The van der Waals surface area contributed by atoms with Crippen molar-refractivity contribution in [3.63, 3.8) is 0 Å². The Morgan fingerprint density at radius 3 is 2.94 bits per heavy atom. The van der Waals surface area contributed by atoms with E-state index in [4.69, 9.17) is 4.74 Å². The molecule has 0 aromatic rings. The average Bonchev–Trinajstić information content (AvgIpc) is 3.15. The van der Waals surface area contributed by atoms with Gasteiger partial charge in [0, 0.05) is 25.6 Å². The van der Waals surface area contributed by atoms with Crippen molar-refractivity contribution in [3.05, 3.63) is 0 Å². The molecule has 100 valence electrons. The Kier molecular flexibility index (Phi) is 3.22. The Bertz CT molecular complexity index is 350. The Morgan fingerprint density at radius 1 is 1.44 bits per heavy atom. The molecule has 2 saturated heterocycles. The van der Waals surface area contributed by atoms with E-state index in [0.717, 1.165) is 12.8 Å². The third-order valence-electron chi connectivity index (χ3n) is 3.73. The van der Waals surface area contributed by atoms with Crippen LogP contribution in [0.5, 0.6) is 0 Å². The number of ether oxygens (including phenoxy) is 1. The van der Waals surface area contributed by atoms with Crippen molar-refractivity contribution in [2.45, 2.75) is 37.4 Å². The van der Waals surface area contributed by atoms with Crippen molar-refractivity contribution in [2.24, 2.45) is 0 Å². The van der Waals surface area contributed by atoms with Crippen molar-refractivity contribution in [1.82, 2.24) is 15.5 Å². The molecule has 0 aromatic heterocycles. The van der Waals surface area contributed by atoms with E-state index in [1.165, 1.54) is 0 Å². The van der Waals surface area contributed by atoms with Gasteiger partial charge in [-0.15, -0.1) is 0 Å². The summed E-state index contributed by atoms with van der Waals surface area (Å²) in [6.45, 7) is 2.44. The highest BCUT2D eigenvalue weighted by Crippen LogP contribution is 2.30. The second-order valence-electron chi connectivity index (χ2n) is 5.27. The highest BCUT2D eigenvalue weighted by molar-refractivity contribution is 5.85. The maximum atomic E-state index is 12.0. The molecule has 2 heterocycles. The molecule has 18 heavy (non-hydrogen) atoms. The fourth-order valence-electron chi connectivity index (χ4n) is 2.60. The first-order valence-corrected chi connectivity index (χ1v) is 6.65. The Morgan fingerprint density at radius 2 is 2.28 bits per heavy atom. The van der Waals surface area contributed by atoms with Crippen LogP contribution in [0.4, 0.5) is 0 Å². The second kappa shape index (κ2) is 4.85. The quantitative estimate of drug-likeness (QED) is 0.666. The third-order valence-corrected chi connectivity index (χ3v) is 3.73. The number of morpholine rings is 1. The molecule has 6 nitrogen and oxygen atoms in total. The van der Waals surface area contributed by atoms with E-state index in [2.05, 4.69) is 10.6 Å². The van der Waals surface area contributed by atoms with Crippen LogP contribution in [0.3, 0.4) is 0 Å². The van der Waals surface area contributed by atoms with Gasteiger partial charge in [0.05, 0.1) is 19.3 Å². The molecular weight excluding hydrogens is 234 g/mol. The van der Waals surface area contributed by atoms with Crippen LogP contribution in [0.1, 0.15) is 19.3 Å². The van der Waals surface area contributed by atoms with Crippen LogP contribution < -0.4 is 10.6 Å². The molecule has 2 N–H and O–H groups in total. The van der Waals surface area contributed by atoms with Crippen LogP contribution in [-0.4, -0.2) is 61.1 Å².